The van der Waals surface area contributed by atoms with Crippen LogP contribution in [0.2, 0.25) is 0 Å². The molecular formula is C7H16O2S. The first kappa shape index (κ1) is 10.3. The van der Waals surface area contributed by atoms with E-state index in [1.165, 1.54) is 0 Å². The van der Waals surface area contributed by atoms with E-state index >= 15 is 0 Å². The van der Waals surface area contributed by atoms with Gasteiger partial charge in [0.2, 0.25) is 0 Å². The molecule has 0 bridgehead atoms. The maximum absolute atomic E-state index is 5.25. The van der Waals surface area contributed by atoms with Crippen molar-refractivity contribution in [1.29, 1.82) is 0 Å². The summed E-state index contributed by atoms with van der Waals surface area (Å²) in [5.74, 6) is 0.765. The molecule has 0 radical (unpaired) electrons. The van der Waals surface area contributed by atoms with Crippen LogP contribution in [0.1, 0.15) is 13.8 Å². The molecule has 0 atom stereocenters. The van der Waals surface area contributed by atoms with E-state index in [0.717, 1.165) is 5.94 Å². The normalized spacial score (nSPS) is 10.8. The molecule has 10 heavy (non-hydrogen) atoms. The maximum atomic E-state index is 5.25. The van der Waals surface area contributed by atoms with Crippen LogP contribution < -0.4 is 0 Å². The summed E-state index contributed by atoms with van der Waals surface area (Å²) in [7, 11) is 0. The lowest BCUT2D eigenvalue weighted by atomic mass is 10.5. The first-order chi connectivity index (χ1) is 4.77. The Morgan fingerprint density at radius 1 is 1.30 bits per heavy atom. The van der Waals surface area contributed by atoms with Crippen LogP contribution in [-0.2, 0) is 9.47 Å². The Morgan fingerprint density at radius 3 is 2.50 bits per heavy atom. The van der Waals surface area contributed by atoms with E-state index in [0.29, 0.717) is 19.3 Å². The van der Waals surface area contributed by atoms with E-state index in [1.54, 1.807) is 11.8 Å². The van der Waals surface area contributed by atoms with Gasteiger partial charge in [0.1, 0.15) is 0 Å². The maximum Gasteiger partial charge on any atom is 0.0919 e. The van der Waals surface area contributed by atoms with Crippen LogP contribution in [0, 0.1) is 0 Å². The molecule has 62 valence electrons. The van der Waals surface area contributed by atoms with Gasteiger partial charge in [-0.05, 0) is 20.1 Å². The van der Waals surface area contributed by atoms with Crippen molar-refractivity contribution < 1.29 is 9.47 Å². The minimum Gasteiger partial charge on any atom is -0.376 e. The van der Waals surface area contributed by atoms with E-state index in [2.05, 4.69) is 0 Å². The van der Waals surface area contributed by atoms with Crippen LogP contribution in [0.15, 0.2) is 0 Å². The molecule has 0 aliphatic carbocycles. The Bertz CT molecular complexity index is 66.6. The van der Waals surface area contributed by atoms with E-state index in [1.807, 2.05) is 20.1 Å². The van der Waals surface area contributed by atoms with Crippen LogP contribution in [0.25, 0.3) is 0 Å². The van der Waals surface area contributed by atoms with Crippen molar-refractivity contribution in [1.82, 2.24) is 0 Å². The highest BCUT2D eigenvalue weighted by atomic mass is 32.2. The minimum absolute atomic E-state index is 0.317. The standard InChI is InChI=1S/C7H16O2S/c1-7(2)9-5-4-8-6-10-3/h7H,4-6H2,1-3H3. The molecule has 0 rings (SSSR count). The zero-order valence-corrected chi connectivity index (χ0v) is 7.74. The first-order valence-corrected chi connectivity index (χ1v) is 4.85. The summed E-state index contributed by atoms with van der Waals surface area (Å²) >= 11 is 1.68. The molecule has 0 amide bonds. The van der Waals surface area contributed by atoms with Crippen molar-refractivity contribution >= 4 is 11.8 Å². The highest BCUT2D eigenvalue weighted by Gasteiger charge is 1.91. The molecular weight excluding hydrogens is 148 g/mol. The number of ether oxygens (including phenoxy) is 2. The Balaban J connectivity index is 2.77. The van der Waals surface area contributed by atoms with E-state index in [9.17, 15) is 0 Å². The largest absolute Gasteiger partial charge is 0.376 e. The van der Waals surface area contributed by atoms with E-state index in [4.69, 9.17) is 9.47 Å². The third kappa shape index (κ3) is 8.27. The molecule has 0 saturated heterocycles. The lowest BCUT2D eigenvalue weighted by Crippen LogP contribution is -2.09. The number of hydrogen-bond acceptors (Lipinski definition) is 3. The van der Waals surface area contributed by atoms with Gasteiger partial charge in [0, 0.05) is 0 Å². The molecule has 0 aromatic heterocycles. The molecule has 0 fully saturated rings. The Morgan fingerprint density at radius 2 is 2.00 bits per heavy atom. The second-order valence-corrected chi connectivity index (χ2v) is 3.05. The quantitative estimate of drug-likeness (QED) is 0.440. The van der Waals surface area contributed by atoms with Gasteiger partial charge in [-0.2, -0.15) is 0 Å². The first-order valence-electron chi connectivity index (χ1n) is 3.45. The molecule has 2 nitrogen and oxygen atoms in total. The number of thioether (sulfide) groups is 1. The Labute approximate surface area is 67.3 Å². The lowest BCUT2D eigenvalue weighted by Gasteiger charge is -2.06. The second kappa shape index (κ2) is 7.38. The van der Waals surface area contributed by atoms with Crippen molar-refractivity contribution in [3.05, 3.63) is 0 Å². The number of rotatable bonds is 6. The summed E-state index contributed by atoms with van der Waals surface area (Å²) in [5, 5.41) is 0. The summed E-state index contributed by atoms with van der Waals surface area (Å²) in [6, 6.07) is 0. The smallest absolute Gasteiger partial charge is 0.0919 e. The third-order valence-electron chi connectivity index (χ3n) is 0.880. The van der Waals surface area contributed by atoms with E-state index < -0.39 is 0 Å². The molecule has 3 heteroatoms. The summed E-state index contributed by atoms with van der Waals surface area (Å²) in [5.41, 5.74) is 0. The van der Waals surface area contributed by atoms with Crippen LogP contribution in [-0.4, -0.2) is 31.5 Å². The van der Waals surface area contributed by atoms with E-state index in [-0.39, 0.29) is 0 Å². The van der Waals surface area contributed by atoms with Crippen LogP contribution in [0.4, 0.5) is 0 Å². The zero-order chi connectivity index (χ0) is 7.82. The molecule has 0 aliphatic rings. The van der Waals surface area contributed by atoms with Crippen LogP contribution >= 0.6 is 11.8 Å². The summed E-state index contributed by atoms with van der Waals surface area (Å²) < 4.78 is 10.4. The van der Waals surface area contributed by atoms with Crippen molar-refractivity contribution in [2.75, 3.05) is 25.4 Å². The monoisotopic (exact) mass is 164 g/mol. The number of hydrogen-bond donors (Lipinski definition) is 0. The van der Waals surface area contributed by atoms with Crippen molar-refractivity contribution in [2.24, 2.45) is 0 Å². The average Bonchev–Trinajstić information content (AvgIpc) is 1.87. The van der Waals surface area contributed by atoms with Crippen LogP contribution in [0.5, 0.6) is 0 Å². The fourth-order valence-corrected chi connectivity index (χ4v) is 0.770. The lowest BCUT2D eigenvalue weighted by molar-refractivity contribution is 0.0317. The highest BCUT2D eigenvalue weighted by Crippen LogP contribution is 1.92. The summed E-state index contributed by atoms with van der Waals surface area (Å²) in [6.07, 6.45) is 2.33. The average molecular weight is 164 g/mol. The third-order valence-corrected chi connectivity index (χ3v) is 1.28. The Hall–Kier alpha value is 0.270. The van der Waals surface area contributed by atoms with Gasteiger partial charge in [0.15, 0.2) is 0 Å². The minimum atomic E-state index is 0.317. The van der Waals surface area contributed by atoms with Gasteiger partial charge in [-0.15, -0.1) is 11.8 Å². The van der Waals surface area contributed by atoms with Crippen molar-refractivity contribution in [3.63, 3.8) is 0 Å². The molecule has 0 aromatic carbocycles. The molecule has 0 aliphatic heterocycles. The van der Waals surface area contributed by atoms with Gasteiger partial charge >= 0.3 is 0 Å². The molecule has 0 spiro atoms. The summed E-state index contributed by atoms with van der Waals surface area (Å²) in [6.45, 7) is 5.46. The van der Waals surface area contributed by atoms with Crippen LogP contribution in [0.3, 0.4) is 0 Å². The molecule has 0 unspecified atom stereocenters. The fraction of sp³-hybridized carbons (Fsp3) is 1.00. The predicted octanol–water partition coefficient (Wildman–Crippen LogP) is 1.75. The summed E-state index contributed by atoms with van der Waals surface area (Å²) in [4.78, 5) is 0. The second-order valence-electron chi connectivity index (χ2n) is 2.23. The topological polar surface area (TPSA) is 18.5 Å². The fourth-order valence-electron chi connectivity index (χ4n) is 0.485. The van der Waals surface area contributed by atoms with Gasteiger partial charge < -0.3 is 9.47 Å². The molecule has 0 saturated carbocycles. The van der Waals surface area contributed by atoms with Gasteiger partial charge in [-0.3, -0.25) is 0 Å². The SMILES string of the molecule is CSCOCCOC(C)C. The Kier molecular flexibility index (Phi) is 7.58. The van der Waals surface area contributed by atoms with Crippen molar-refractivity contribution in [2.45, 2.75) is 20.0 Å². The van der Waals surface area contributed by atoms with Crippen molar-refractivity contribution in [3.8, 4) is 0 Å². The highest BCUT2D eigenvalue weighted by molar-refractivity contribution is 7.98. The molecule has 0 heterocycles. The zero-order valence-electron chi connectivity index (χ0n) is 6.92. The van der Waals surface area contributed by atoms with Gasteiger partial charge in [-0.25, -0.2) is 0 Å². The van der Waals surface area contributed by atoms with Gasteiger partial charge in [0.25, 0.3) is 0 Å². The van der Waals surface area contributed by atoms with Gasteiger partial charge in [-0.1, -0.05) is 0 Å². The molecule has 0 N–H and O–H groups in total. The predicted molar refractivity (Wildman–Crippen MR) is 45.4 cm³/mol. The molecule has 0 aromatic rings. The van der Waals surface area contributed by atoms with Gasteiger partial charge in [0.05, 0.1) is 25.3 Å².